The lowest BCUT2D eigenvalue weighted by Gasteiger charge is -2.23. The highest BCUT2D eigenvalue weighted by molar-refractivity contribution is 8.00. The maximum atomic E-state index is 13.5. The highest BCUT2D eigenvalue weighted by Crippen LogP contribution is 2.44. The lowest BCUT2D eigenvalue weighted by molar-refractivity contribution is -0.132. The number of nitrogens with zero attached hydrogens (tertiary/aromatic N) is 3. The number of aromatic nitrogens is 2. The van der Waals surface area contributed by atoms with Crippen LogP contribution in [0.2, 0.25) is 10.0 Å². The van der Waals surface area contributed by atoms with Crippen molar-refractivity contribution in [3.8, 4) is 5.75 Å². The Morgan fingerprint density at radius 1 is 1.07 bits per heavy atom. The van der Waals surface area contributed by atoms with Crippen LogP contribution in [0.1, 0.15) is 35.2 Å². The normalized spacial score (nSPS) is 16.5. The summed E-state index contributed by atoms with van der Waals surface area (Å²) in [6, 6.07) is 18.6. The number of anilines is 1. The van der Waals surface area contributed by atoms with Gasteiger partial charge in [0.25, 0.3) is 5.78 Å². The highest BCUT2D eigenvalue weighted by Gasteiger charge is 2.48. The number of rotatable bonds is 8. The first-order chi connectivity index (χ1) is 19.3. The molecule has 5 rings (SSSR count). The van der Waals surface area contributed by atoms with E-state index in [4.69, 9.17) is 27.9 Å². The number of benzene rings is 3. The van der Waals surface area contributed by atoms with Gasteiger partial charge in [0.15, 0.2) is 4.34 Å². The van der Waals surface area contributed by atoms with Gasteiger partial charge in [-0.1, -0.05) is 94.3 Å². The molecule has 11 heteroatoms. The van der Waals surface area contributed by atoms with E-state index < -0.39 is 17.7 Å². The zero-order valence-electron chi connectivity index (χ0n) is 21.4. The zero-order valence-corrected chi connectivity index (χ0v) is 24.6. The Kier molecular flexibility index (Phi) is 8.46. The minimum Gasteiger partial charge on any atom is -0.507 e. The number of halogens is 2. The summed E-state index contributed by atoms with van der Waals surface area (Å²) in [4.78, 5) is 28.2. The molecule has 1 unspecified atom stereocenters. The van der Waals surface area contributed by atoms with Crippen molar-refractivity contribution >= 4 is 68.9 Å². The van der Waals surface area contributed by atoms with Gasteiger partial charge in [-0.3, -0.25) is 14.5 Å². The molecule has 3 aromatic carbocycles. The summed E-state index contributed by atoms with van der Waals surface area (Å²) in [5.41, 5.74) is 2.87. The molecule has 2 heterocycles. The van der Waals surface area contributed by atoms with E-state index in [1.165, 1.54) is 28.0 Å². The molecule has 1 saturated heterocycles. The summed E-state index contributed by atoms with van der Waals surface area (Å²) >= 11 is 14.9. The van der Waals surface area contributed by atoms with Crippen LogP contribution in [-0.2, 0) is 15.3 Å². The Bertz CT molecular complexity index is 1620. The molecule has 4 aromatic rings. The number of carbonyl (C=O) groups is 2. The van der Waals surface area contributed by atoms with E-state index in [2.05, 4.69) is 10.2 Å². The molecule has 1 fully saturated rings. The van der Waals surface area contributed by atoms with E-state index in [-0.39, 0.29) is 16.5 Å². The standard InChI is InChI=1S/C29H23Cl2N3O4S2/c1-3-38-21-6-4-5-18(13-21)24-23(25(35)17-9-7-16(2)8-10-17)26(36)27(37)34(24)28-32-33-29(40-28)39-15-19-11-12-20(30)14-22(19)31/h4-14,24,35H,3,15H2,1-2H3. The number of thioether (sulfide) groups is 1. The van der Waals surface area contributed by atoms with Crippen molar-refractivity contribution in [3.05, 3.63) is 105 Å². The first kappa shape index (κ1) is 28.2. The van der Waals surface area contributed by atoms with Gasteiger partial charge in [-0.05, 0) is 49.2 Å². The summed E-state index contributed by atoms with van der Waals surface area (Å²) in [5, 5.41) is 21.2. The predicted octanol–water partition coefficient (Wildman–Crippen LogP) is 7.47. The zero-order chi connectivity index (χ0) is 28.4. The van der Waals surface area contributed by atoms with E-state index in [0.717, 1.165) is 11.1 Å². The average Bonchev–Trinajstić information content (AvgIpc) is 3.50. The fourth-order valence-electron chi connectivity index (χ4n) is 4.29. The van der Waals surface area contributed by atoms with Gasteiger partial charge in [-0.15, -0.1) is 10.2 Å². The van der Waals surface area contributed by atoms with E-state index in [1.54, 1.807) is 48.5 Å². The molecule has 1 aliphatic heterocycles. The van der Waals surface area contributed by atoms with Crippen LogP contribution in [0.5, 0.6) is 5.75 Å². The van der Waals surface area contributed by atoms with Gasteiger partial charge in [0, 0.05) is 21.4 Å². The number of aliphatic hydroxyl groups excluding tert-OH is 1. The molecule has 0 spiro atoms. The van der Waals surface area contributed by atoms with Gasteiger partial charge in [0.1, 0.15) is 11.5 Å². The molecule has 7 nitrogen and oxygen atoms in total. The van der Waals surface area contributed by atoms with Crippen LogP contribution in [0.3, 0.4) is 0 Å². The number of Topliss-reactive ketones (excluding diaryl/α,β-unsaturated/α-hetero) is 1. The monoisotopic (exact) mass is 611 g/mol. The molecular weight excluding hydrogens is 589 g/mol. The largest absolute Gasteiger partial charge is 0.507 e. The molecule has 1 atom stereocenters. The van der Waals surface area contributed by atoms with Crippen LogP contribution in [0, 0.1) is 6.92 Å². The summed E-state index contributed by atoms with van der Waals surface area (Å²) < 4.78 is 6.26. The Morgan fingerprint density at radius 3 is 2.58 bits per heavy atom. The lowest BCUT2D eigenvalue weighted by atomic mass is 9.95. The van der Waals surface area contributed by atoms with Crippen molar-refractivity contribution in [2.24, 2.45) is 0 Å². The van der Waals surface area contributed by atoms with Crippen molar-refractivity contribution in [2.45, 2.75) is 30.0 Å². The minimum atomic E-state index is -0.932. The summed E-state index contributed by atoms with van der Waals surface area (Å²) in [7, 11) is 0. The molecule has 0 saturated carbocycles. The molecule has 0 aliphatic carbocycles. The molecule has 1 N–H and O–H groups in total. The summed E-state index contributed by atoms with van der Waals surface area (Å²) in [5.74, 6) is -0.772. The molecule has 204 valence electrons. The van der Waals surface area contributed by atoms with Crippen LogP contribution in [0.4, 0.5) is 5.13 Å². The third-order valence-corrected chi connectivity index (χ3v) is 8.91. The van der Waals surface area contributed by atoms with Crippen LogP contribution in [-0.4, -0.2) is 33.6 Å². The van der Waals surface area contributed by atoms with Gasteiger partial charge < -0.3 is 9.84 Å². The van der Waals surface area contributed by atoms with Gasteiger partial charge in [0.2, 0.25) is 5.13 Å². The Balaban J connectivity index is 1.54. The van der Waals surface area contributed by atoms with E-state index in [9.17, 15) is 14.7 Å². The Labute approximate surface area is 249 Å². The van der Waals surface area contributed by atoms with Crippen LogP contribution in [0.25, 0.3) is 5.76 Å². The number of hydrogen-bond acceptors (Lipinski definition) is 8. The number of ketones is 1. The van der Waals surface area contributed by atoms with E-state index in [1.807, 2.05) is 32.0 Å². The quantitative estimate of drug-likeness (QED) is 0.0726. The first-order valence-corrected chi connectivity index (χ1v) is 14.8. The second kappa shape index (κ2) is 12.0. The average molecular weight is 613 g/mol. The third kappa shape index (κ3) is 5.74. The topological polar surface area (TPSA) is 92.6 Å². The van der Waals surface area contributed by atoms with Crippen LogP contribution >= 0.6 is 46.3 Å². The second-order valence-electron chi connectivity index (χ2n) is 8.92. The van der Waals surface area contributed by atoms with Gasteiger partial charge in [-0.25, -0.2) is 0 Å². The molecule has 1 amide bonds. The maximum Gasteiger partial charge on any atom is 0.301 e. The number of carbonyl (C=O) groups excluding carboxylic acids is 2. The number of hydrogen-bond donors (Lipinski definition) is 1. The van der Waals surface area contributed by atoms with Crippen molar-refractivity contribution < 1.29 is 19.4 Å². The minimum absolute atomic E-state index is 0.0279. The van der Waals surface area contributed by atoms with Crippen LogP contribution < -0.4 is 9.64 Å². The molecule has 40 heavy (non-hydrogen) atoms. The van der Waals surface area contributed by atoms with E-state index in [0.29, 0.717) is 43.6 Å². The maximum absolute atomic E-state index is 13.5. The second-order valence-corrected chi connectivity index (χ2v) is 11.9. The predicted molar refractivity (Wildman–Crippen MR) is 160 cm³/mol. The number of aryl methyl sites for hydroxylation is 1. The number of ether oxygens (including phenoxy) is 1. The molecule has 0 bridgehead atoms. The van der Waals surface area contributed by atoms with Crippen molar-refractivity contribution in [1.82, 2.24) is 10.2 Å². The SMILES string of the molecule is CCOc1cccc(C2C(=C(O)c3ccc(C)cc3)C(=O)C(=O)N2c2nnc(SCc3ccc(Cl)cc3Cl)s2)c1. The lowest BCUT2D eigenvalue weighted by Crippen LogP contribution is -2.29. The van der Waals surface area contributed by atoms with Gasteiger partial charge in [-0.2, -0.15) is 0 Å². The van der Waals surface area contributed by atoms with Gasteiger partial charge >= 0.3 is 5.91 Å². The van der Waals surface area contributed by atoms with Gasteiger partial charge in [0.05, 0.1) is 18.2 Å². The van der Waals surface area contributed by atoms with Crippen molar-refractivity contribution in [2.75, 3.05) is 11.5 Å². The van der Waals surface area contributed by atoms with E-state index >= 15 is 0 Å². The fourth-order valence-corrected chi connectivity index (χ4v) is 6.72. The number of aliphatic hydroxyl groups is 1. The third-order valence-electron chi connectivity index (χ3n) is 6.22. The molecule has 1 aromatic heterocycles. The van der Waals surface area contributed by atoms with Crippen molar-refractivity contribution in [3.63, 3.8) is 0 Å². The molecular formula is C29H23Cl2N3O4S2. The highest BCUT2D eigenvalue weighted by atomic mass is 35.5. The Morgan fingerprint density at radius 2 is 1.85 bits per heavy atom. The molecule has 0 radical (unpaired) electrons. The smallest absolute Gasteiger partial charge is 0.301 e. The van der Waals surface area contributed by atoms with Crippen LogP contribution in [0.15, 0.2) is 76.6 Å². The number of amides is 1. The molecule has 1 aliphatic rings. The summed E-state index contributed by atoms with van der Waals surface area (Å²) in [6.07, 6.45) is 0. The fraction of sp³-hybridized carbons (Fsp3) is 0.172. The summed E-state index contributed by atoms with van der Waals surface area (Å²) in [6.45, 7) is 4.24. The Hall–Kier alpha value is -3.37. The first-order valence-electron chi connectivity index (χ1n) is 12.3. The van der Waals surface area contributed by atoms with Crippen molar-refractivity contribution in [1.29, 1.82) is 0 Å².